The molecule has 5 nitrogen and oxygen atoms in total. The van der Waals surface area contributed by atoms with Crippen LogP contribution < -0.4 is 0 Å². The van der Waals surface area contributed by atoms with Crippen molar-refractivity contribution in [3.05, 3.63) is 82.4 Å². The van der Waals surface area contributed by atoms with E-state index in [1.807, 2.05) is 30.3 Å². The third-order valence-electron chi connectivity index (χ3n) is 6.09. The summed E-state index contributed by atoms with van der Waals surface area (Å²) in [5, 5.41) is 0.495. The van der Waals surface area contributed by atoms with Crippen molar-refractivity contribution in [2.45, 2.75) is 66.3 Å². The van der Waals surface area contributed by atoms with E-state index in [0.717, 1.165) is 41.1 Å². The highest BCUT2D eigenvalue weighted by atomic mass is 35.5. The minimum Gasteiger partial charge on any atom is -0.465 e. The molecular formula is C30H39ClN2O3Si. The first-order chi connectivity index (χ1) is 17.6. The van der Waals surface area contributed by atoms with Gasteiger partial charge in [-0.15, -0.1) is 0 Å². The number of esters is 1. The fourth-order valence-electron chi connectivity index (χ4n) is 4.30. The minimum absolute atomic E-state index is 0.148. The summed E-state index contributed by atoms with van der Waals surface area (Å²) < 4.78 is 13.7. The van der Waals surface area contributed by atoms with Crippen LogP contribution in [0.1, 0.15) is 74.1 Å². The number of nitrogens with zero attached hydrogens (tertiary/aromatic N) is 2. The first-order valence-corrected chi connectivity index (χ1v) is 16.1. The third kappa shape index (κ3) is 7.22. The second kappa shape index (κ2) is 12.7. The largest absolute Gasteiger partial charge is 0.465 e. The molecule has 1 unspecified atom stereocenters. The van der Waals surface area contributed by atoms with Gasteiger partial charge in [-0.05, 0) is 53.8 Å². The summed E-state index contributed by atoms with van der Waals surface area (Å²) >= 11 is 6.81. The molecule has 1 aromatic heterocycles. The van der Waals surface area contributed by atoms with Crippen molar-refractivity contribution >= 4 is 32.7 Å². The molecule has 1 heterocycles. The number of imidazole rings is 1. The van der Waals surface area contributed by atoms with E-state index in [9.17, 15) is 4.79 Å². The zero-order valence-electron chi connectivity index (χ0n) is 23.0. The Morgan fingerprint density at radius 2 is 1.81 bits per heavy atom. The Kier molecular flexibility index (Phi) is 9.93. The molecule has 3 aromatic rings. The van der Waals surface area contributed by atoms with E-state index < -0.39 is 9.04 Å². The molecule has 0 N–H and O–H groups in total. The Labute approximate surface area is 228 Å². The van der Waals surface area contributed by atoms with Crippen molar-refractivity contribution < 1.29 is 14.0 Å². The fraction of sp³-hybridized carbons (Fsp3) is 0.400. The zero-order chi connectivity index (χ0) is 27.2. The molecule has 1 atom stereocenters. The number of carbonyl (C=O) groups excluding carboxylic acids is 1. The number of halogens is 1. The average molecular weight is 539 g/mol. The second-order valence-corrected chi connectivity index (χ2v) is 13.3. The molecule has 0 radical (unpaired) electrons. The highest BCUT2D eigenvalue weighted by molar-refractivity contribution is 6.48. The molecule has 0 saturated carbocycles. The number of hydrogen-bond acceptors (Lipinski definition) is 4. The van der Waals surface area contributed by atoms with Gasteiger partial charge in [-0.3, -0.25) is 0 Å². The van der Waals surface area contributed by atoms with Crippen LogP contribution in [0.4, 0.5) is 0 Å². The van der Waals surface area contributed by atoms with Crippen molar-refractivity contribution in [2.75, 3.05) is 7.11 Å². The van der Waals surface area contributed by atoms with Crippen LogP contribution in [0.25, 0.3) is 17.2 Å². The molecule has 198 valence electrons. The van der Waals surface area contributed by atoms with Crippen molar-refractivity contribution in [3.63, 3.8) is 0 Å². The molecule has 0 aliphatic heterocycles. The van der Waals surface area contributed by atoms with Gasteiger partial charge in [-0.25, -0.2) is 9.78 Å². The van der Waals surface area contributed by atoms with Crippen LogP contribution in [0.5, 0.6) is 0 Å². The van der Waals surface area contributed by atoms with E-state index in [-0.39, 0.29) is 17.5 Å². The second-order valence-electron chi connectivity index (χ2n) is 10.6. The highest BCUT2D eigenvalue weighted by Gasteiger charge is 2.34. The monoisotopic (exact) mass is 538 g/mol. The van der Waals surface area contributed by atoms with Crippen molar-refractivity contribution in [3.8, 4) is 11.1 Å². The van der Waals surface area contributed by atoms with Crippen molar-refractivity contribution in [2.24, 2.45) is 5.41 Å². The van der Waals surface area contributed by atoms with Gasteiger partial charge in [0.1, 0.15) is 5.82 Å². The lowest BCUT2D eigenvalue weighted by atomic mass is 9.87. The highest BCUT2D eigenvalue weighted by Crippen LogP contribution is 2.40. The molecule has 0 fully saturated rings. The molecule has 0 amide bonds. The Hall–Kier alpha value is -2.67. The van der Waals surface area contributed by atoms with Crippen LogP contribution in [-0.2, 0) is 15.7 Å². The average Bonchev–Trinajstić information content (AvgIpc) is 3.16. The molecular weight excluding hydrogens is 500 g/mol. The van der Waals surface area contributed by atoms with Crippen molar-refractivity contribution in [1.29, 1.82) is 0 Å². The summed E-state index contributed by atoms with van der Waals surface area (Å²) in [6, 6.07) is 15.8. The Morgan fingerprint density at radius 3 is 2.41 bits per heavy atom. The van der Waals surface area contributed by atoms with E-state index in [1.54, 1.807) is 6.07 Å². The quantitative estimate of drug-likeness (QED) is 0.194. The minimum atomic E-state index is -1.36. The van der Waals surface area contributed by atoms with Gasteiger partial charge in [0.05, 0.1) is 24.5 Å². The SMILES string of the molecule is CCC/C=C\c1nc(Cl)c(C(O[SiH](C)C)C(C)(C)C)n1Cc1ccc(-c2ccccc2C(=O)OC)cc1. The van der Waals surface area contributed by atoms with Crippen LogP contribution in [0.2, 0.25) is 18.2 Å². The van der Waals surface area contributed by atoms with Gasteiger partial charge in [0, 0.05) is 6.54 Å². The van der Waals surface area contributed by atoms with Gasteiger partial charge < -0.3 is 13.7 Å². The zero-order valence-corrected chi connectivity index (χ0v) is 25.0. The van der Waals surface area contributed by atoms with Gasteiger partial charge in [0.2, 0.25) is 0 Å². The third-order valence-corrected chi connectivity index (χ3v) is 7.19. The van der Waals surface area contributed by atoms with Crippen LogP contribution in [0, 0.1) is 5.41 Å². The van der Waals surface area contributed by atoms with E-state index in [4.69, 9.17) is 25.7 Å². The fourth-order valence-corrected chi connectivity index (χ4v) is 5.67. The number of methoxy groups -OCH3 is 1. The Bertz CT molecular complexity index is 1230. The predicted molar refractivity (Wildman–Crippen MR) is 156 cm³/mol. The number of benzene rings is 2. The smallest absolute Gasteiger partial charge is 0.338 e. The standard InChI is InChI=1S/C30H39ClN2O3Si/c1-8-9-10-15-25-32-28(31)26(27(30(2,3)4)36-37(6)7)33(25)20-21-16-18-22(19-17-21)23-13-11-12-14-24(23)29(34)35-5/h10-19,27,37H,8-9,20H2,1-7H3/b15-10-. The molecule has 2 aromatic carbocycles. The van der Waals surface area contributed by atoms with Crippen LogP contribution in [0.15, 0.2) is 54.6 Å². The molecule has 0 saturated heterocycles. The van der Waals surface area contributed by atoms with Gasteiger partial charge in [-0.1, -0.05) is 94.3 Å². The van der Waals surface area contributed by atoms with E-state index in [1.165, 1.54) is 7.11 Å². The van der Waals surface area contributed by atoms with Crippen LogP contribution in [-0.4, -0.2) is 31.7 Å². The number of ether oxygens (including phenoxy) is 1. The number of carbonyl (C=O) groups is 1. The molecule has 0 spiro atoms. The van der Waals surface area contributed by atoms with Crippen LogP contribution in [0.3, 0.4) is 0 Å². The predicted octanol–water partition coefficient (Wildman–Crippen LogP) is 7.94. The Balaban J connectivity index is 2.04. The lowest BCUT2D eigenvalue weighted by Gasteiger charge is -2.33. The first kappa shape index (κ1) is 28.9. The van der Waals surface area contributed by atoms with E-state index >= 15 is 0 Å². The van der Waals surface area contributed by atoms with Gasteiger partial charge in [0.15, 0.2) is 14.2 Å². The number of unbranched alkanes of at least 4 members (excludes halogenated alkanes) is 1. The lowest BCUT2D eigenvalue weighted by Crippen LogP contribution is -2.28. The normalized spacial score (nSPS) is 12.9. The number of allylic oxidation sites excluding steroid dienone is 1. The summed E-state index contributed by atoms with van der Waals surface area (Å²) in [5.74, 6) is 0.486. The number of aromatic nitrogens is 2. The maximum atomic E-state index is 12.3. The lowest BCUT2D eigenvalue weighted by molar-refractivity contribution is 0.0601. The molecule has 0 aliphatic carbocycles. The molecule has 3 rings (SSSR count). The van der Waals surface area contributed by atoms with E-state index in [2.05, 4.69) is 69.6 Å². The Morgan fingerprint density at radius 1 is 1.14 bits per heavy atom. The number of rotatable bonds is 10. The maximum Gasteiger partial charge on any atom is 0.338 e. The van der Waals surface area contributed by atoms with Gasteiger partial charge >= 0.3 is 5.97 Å². The van der Waals surface area contributed by atoms with Crippen molar-refractivity contribution in [1.82, 2.24) is 9.55 Å². The van der Waals surface area contributed by atoms with Gasteiger partial charge in [0.25, 0.3) is 0 Å². The van der Waals surface area contributed by atoms with Crippen LogP contribution >= 0.6 is 11.6 Å². The topological polar surface area (TPSA) is 53.4 Å². The van der Waals surface area contributed by atoms with Gasteiger partial charge in [-0.2, -0.15) is 0 Å². The molecule has 0 aliphatic rings. The molecule has 7 heteroatoms. The summed E-state index contributed by atoms with van der Waals surface area (Å²) in [6.07, 6.45) is 6.09. The molecule has 37 heavy (non-hydrogen) atoms. The summed E-state index contributed by atoms with van der Waals surface area (Å²) in [5.41, 5.74) is 4.23. The molecule has 0 bridgehead atoms. The maximum absolute atomic E-state index is 12.3. The first-order valence-electron chi connectivity index (χ1n) is 12.9. The summed E-state index contributed by atoms with van der Waals surface area (Å²) in [7, 11) is 0.0461. The number of hydrogen-bond donors (Lipinski definition) is 0. The van der Waals surface area contributed by atoms with E-state index in [0.29, 0.717) is 17.3 Å². The summed E-state index contributed by atoms with van der Waals surface area (Å²) in [4.78, 5) is 17.0. The summed E-state index contributed by atoms with van der Waals surface area (Å²) in [6.45, 7) is 13.7.